The number of primary amides is 2. The Labute approximate surface area is 91.4 Å². The van der Waals surface area contributed by atoms with Crippen molar-refractivity contribution >= 4 is 11.8 Å². The Morgan fingerprint density at radius 2 is 1.33 bits per heavy atom. The van der Waals surface area contributed by atoms with Gasteiger partial charge >= 0.3 is 0 Å². The van der Waals surface area contributed by atoms with Gasteiger partial charge in [-0.3, -0.25) is 9.59 Å². The van der Waals surface area contributed by atoms with Crippen LogP contribution in [0.4, 0.5) is 0 Å². The molecule has 0 aromatic rings. The summed E-state index contributed by atoms with van der Waals surface area (Å²) in [6.45, 7) is 9.84. The molecule has 4 nitrogen and oxygen atoms in total. The van der Waals surface area contributed by atoms with E-state index in [1.165, 1.54) is 0 Å². The lowest BCUT2D eigenvalue weighted by Crippen LogP contribution is -2.45. The second-order valence-electron chi connectivity index (χ2n) is 5.96. The molecule has 0 heterocycles. The highest BCUT2D eigenvalue weighted by Crippen LogP contribution is 2.38. The van der Waals surface area contributed by atoms with Crippen LogP contribution in [0.3, 0.4) is 0 Å². The van der Waals surface area contributed by atoms with Crippen molar-refractivity contribution in [3.05, 3.63) is 0 Å². The highest BCUT2D eigenvalue weighted by Gasteiger charge is 2.40. The van der Waals surface area contributed by atoms with Gasteiger partial charge in [-0.1, -0.05) is 34.6 Å². The first kappa shape index (κ1) is 13.9. The Hall–Kier alpha value is -1.06. The van der Waals surface area contributed by atoms with E-state index in [1.807, 2.05) is 34.6 Å². The van der Waals surface area contributed by atoms with Crippen LogP contribution in [0.5, 0.6) is 0 Å². The monoisotopic (exact) mass is 214 g/mol. The molecule has 15 heavy (non-hydrogen) atoms. The third-order valence-electron chi connectivity index (χ3n) is 2.34. The predicted octanol–water partition coefficient (Wildman–Crippen LogP) is 1.04. The van der Waals surface area contributed by atoms with E-state index in [1.54, 1.807) is 0 Å². The molecule has 88 valence electrons. The molecule has 0 aliphatic carbocycles. The lowest BCUT2D eigenvalue weighted by atomic mass is 9.68. The van der Waals surface area contributed by atoms with Crippen LogP contribution in [-0.2, 0) is 9.59 Å². The molecule has 0 atom stereocenters. The summed E-state index contributed by atoms with van der Waals surface area (Å²) in [5.41, 5.74) is 9.92. The molecule has 2 amide bonds. The number of nitrogens with two attached hydrogens (primary N) is 2. The maximum Gasteiger partial charge on any atom is 0.230 e. The van der Waals surface area contributed by atoms with Gasteiger partial charge in [-0.15, -0.1) is 0 Å². The van der Waals surface area contributed by atoms with Gasteiger partial charge in [-0.05, 0) is 17.3 Å². The topological polar surface area (TPSA) is 86.2 Å². The fourth-order valence-electron chi connectivity index (χ4n) is 2.38. The summed E-state index contributed by atoms with van der Waals surface area (Å²) in [6.07, 6.45) is 0.705. The lowest BCUT2D eigenvalue weighted by molar-refractivity contribution is -0.137. The highest BCUT2D eigenvalue weighted by molar-refractivity contribution is 5.99. The van der Waals surface area contributed by atoms with Gasteiger partial charge in [0.2, 0.25) is 11.8 Å². The summed E-state index contributed by atoms with van der Waals surface area (Å²) in [4.78, 5) is 22.4. The second kappa shape index (κ2) is 4.21. The summed E-state index contributed by atoms with van der Waals surface area (Å²) in [7, 11) is 0. The smallest absolute Gasteiger partial charge is 0.230 e. The number of carbonyl (C=O) groups is 2. The zero-order valence-electron chi connectivity index (χ0n) is 10.3. The number of amides is 2. The summed E-state index contributed by atoms with van der Waals surface area (Å²) >= 11 is 0. The van der Waals surface area contributed by atoms with Crippen molar-refractivity contribution in [1.29, 1.82) is 0 Å². The van der Waals surface area contributed by atoms with E-state index < -0.39 is 23.1 Å². The van der Waals surface area contributed by atoms with Crippen molar-refractivity contribution in [3.63, 3.8) is 0 Å². The van der Waals surface area contributed by atoms with Crippen molar-refractivity contribution in [3.8, 4) is 0 Å². The average Bonchev–Trinajstić information content (AvgIpc) is 1.74. The molecule has 0 unspecified atom stereocenters. The SMILES string of the molecule is CC(C)(C)CC(C)(C)C(C(N)=O)C(N)=O. The highest BCUT2D eigenvalue weighted by atomic mass is 16.2. The molecule has 0 aromatic heterocycles. The summed E-state index contributed by atoms with van der Waals surface area (Å²) in [6, 6.07) is 0. The van der Waals surface area contributed by atoms with E-state index in [0.29, 0.717) is 6.42 Å². The quantitative estimate of drug-likeness (QED) is 0.685. The van der Waals surface area contributed by atoms with Gasteiger partial charge in [-0.2, -0.15) is 0 Å². The zero-order chi connectivity index (χ0) is 12.4. The van der Waals surface area contributed by atoms with Crippen LogP contribution in [0, 0.1) is 16.7 Å². The largest absolute Gasteiger partial charge is 0.369 e. The molecule has 0 radical (unpaired) electrons. The molecule has 0 bridgehead atoms. The van der Waals surface area contributed by atoms with Crippen LogP contribution in [0.2, 0.25) is 0 Å². The van der Waals surface area contributed by atoms with E-state index in [0.717, 1.165) is 0 Å². The number of hydrogen-bond donors (Lipinski definition) is 2. The fourth-order valence-corrected chi connectivity index (χ4v) is 2.38. The van der Waals surface area contributed by atoms with E-state index in [2.05, 4.69) is 0 Å². The third kappa shape index (κ3) is 4.32. The van der Waals surface area contributed by atoms with Crippen molar-refractivity contribution in [2.24, 2.45) is 28.2 Å². The molecule has 4 N–H and O–H groups in total. The molecule has 0 rings (SSSR count). The average molecular weight is 214 g/mol. The van der Waals surface area contributed by atoms with Crippen LogP contribution in [0.1, 0.15) is 41.0 Å². The summed E-state index contributed by atoms with van der Waals surface area (Å²) < 4.78 is 0. The molecule has 0 saturated heterocycles. The van der Waals surface area contributed by atoms with Crippen LogP contribution >= 0.6 is 0 Å². The standard InChI is InChI=1S/C11H22N2O2/c1-10(2,3)6-11(4,5)7(8(12)14)9(13)15/h7H,6H2,1-5H3,(H2,12,14)(H2,13,15). The Kier molecular flexibility index (Phi) is 3.91. The molecule has 0 aliphatic rings. The van der Waals surface area contributed by atoms with E-state index >= 15 is 0 Å². The second-order valence-corrected chi connectivity index (χ2v) is 5.96. The Morgan fingerprint density at radius 3 is 1.53 bits per heavy atom. The minimum atomic E-state index is -0.906. The van der Waals surface area contributed by atoms with Crippen LogP contribution in [-0.4, -0.2) is 11.8 Å². The Balaban J connectivity index is 4.96. The number of hydrogen-bond acceptors (Lipinski definition) is 2. The van der Waals surface area contributed by atoms with Gasteiger partial charge in [0, 0.05) is 0 Å². The molecule has 0 aromatic carbocycles. The van der Waals surface area contributed by atoms with Gasteiger partial charge in [0.1, 0.15) is 5.92 Å². The van der Waals surface area contributed by atoms with Gasteiger partial charge in [0.25, 0.3) is 0 Å². The first-order valence-electron chi connectivity index (χ1n) is 5.06. The van der Waals surface area contributed by atoms with E-state index in [-0.39, 0.29) is 5.41 Å². The van der Waals surface area contributed by atoms with Crippen LogP contribution < -0.4 is 11.5 Å². The maximum atomic E-state index is 11.2. The first-order valence-corrected chi connectivity index (χ1v) is 5.06. The molecule has 0 fully saturated rings. The lowest BCUT2D eigenvalue weighted by Gasteiger charge is -2.35. The van der Waals surface area contributed by atoms with E-state index in [4.69, 9.17) is 11.5 Å². The number of rotatable bonds is 4. The van der Waals surface area contributed by atoms with Gasteiger partial charge < -0.3 is 11.5 Å². The minimum absolute atomic E-state index is 0.0205. The summed E-state index contributed by atoms with van der Waals surface area (Å²) in [5, 5.41) is 0. The normalized spacial score (nSPS) is 12.9. The van der Waals surface area contributed by atoms with Crippen molar-refractivity contribution in [1.82, 2.24) is 0 Å². The number of carbonyl (C=O) groups excluding carboxylic acids is 2. The molecule has 0 spiro atoms. The fraction of sp³-hybridized carbons (Fsp3) is 0.818. The van der Waals surface area contributed by atoms with E-state index in [9.17, 15) is 9.59 Å². The maximum absolute atomic E-state index is 11.2. The van der Waals surface area contributed by atoms with Crippen LogP contribution in [0.15, 0.2) is 0 Å². The molecular weight excluding hydrogens is 192 g/mol. The van der Waals surface area contributed by atoms with Crippen LogP contribution in [0.25, 0.3) is 0 Å². The zero-order valence-corrected chi connectivity index (χ0v) is 10.3. The van der Waals surface area contributed by atoms with Gasteiger partial charge in [-0.25, -0.2) is 0 Å². The van der Waals surface area contributed by atoms with Gasteiger partial charge in [0.05, 0.1) is 0 Å². The summed E-state index contributed by atoms with van der Waals surface area (Å²) in [5.74, 6) is -2.19. The predicted molar refractivity (Wildman–Crippen MR) is 59.7 cm³/mol. The molecular formula is C11H22N2O2. The third-order valence-corrected chi connectivity index (χ3v) is 2.34. The molecule has 0 saturated carbocycles. The Morgan fingerprint density at radius 1 is 1.00 bits per heavy atom. The first-order chi connectivity index (χ1) is 6.47. The van der Waals surface area contributed by atoms with Gasteiger partial charge in [0.15, 0.2) is 0 Å². The van der Waals surface area contributed by atoms with Crippen molar-refractivity contribution in [2.75, 3.05) is 0 Å². The minimum Gasteiger partial charge on any atom is -0.369 e. The van der Waals surface area contributed by atoms with Crippen molar-refractivity contribution < 1.29 is 9.59 Å². The molecule has 0 aliphatic heterocycles. The van der Waals surface area contributed by atoms with Crippen molar-refractivity contribution in [2.45, 2.75) is 41.0 Å². The molecule has 4 heteroatoms. The Bertz CT molecular complexity index is 250.